The molecule has 2 aliphatic rings. The van der Waals surface area contributed by atoms with E-state index in [1.54, 1.807) is 0 Å². The zero-order valence-corrected chi connectivity index (χ0v) is 9.49. The number of nitrogens with one attached hydrogen (secondary N) is 1. The predicted octanol–water partition coefficient (Wildman–Crippen LogP) is 1.05. The van der Waals surface area contributed by atoms with E-state index in [4.69, 9.17) is 5.73 Å². The number of hydrogen-bond acceptors (Lipinski definition) is 2. The molecule has 0 aromatic heterocycles. The minimum absolute atomic E-state index is 0.229. The molecule has 3 nitrogen and oxygen atoms in total. The minimum atomic E-state index is -0.437. The van der Waals surface area contributed by atoms with Crippen LogP contribution in [-0.2, 0) is 4.79 Å². The molecular formula is C12H20N2O. The molecule has 0 bridgehead atoms. The van der Waals surface area contributed by atoms with Crippen LogP contribution >= 0.6 is 0 Å². The van der Waals surface area contributed by atoms with Crippen LogP contribution in [0.25, 0.3) is 0 Å². The van der Waals surface area contributed by atoms with Crippen molar-refractivity contribution >= 4 is 5.91 Å². The zero-order valence-electron chi connectivity index (χ0n) is 9.49. The SMILES string of the molecule is CC(C)(CNC1CC2CC=CC21)C(N)=O. The summed E-state index contributed by atoms with van der Waals surface area (Å²) in [5.74, 6) is 1.33. The molecule has 1 amide bonds. The van der Waals surface area contributed by atoms with E-state index in [0.717, 1.165) is 5.92 Å². The summed E-state index contributed by atoms with van der Waals surface area (Å²) >= 11 is 0. The molecule has 15 heavy (non-hydrogen) atoms. The number of nitrogens with two attached hydrogens (primary N) is 1. The molecule has 3 heteroatoms. The second-order valence-corrected chi connectivity index (χ2v) is 5.47. The third-order valence-electron chi connectivity index (χ3n) is 3.84. The fourth-order valence-electron chi connectivity index (χ4n) is 2.42. The van der Waals surface area contributed by atoms with E-state index in [2.05, 4.69) is 17.5 Å². The molecule has 0 spiro atoms. The number of fused-ring (bicyclic) bond motifs is 1. The van der Waals surface area contributed by atoms with Gasteiger partial charge in [0.05, 0.1) is 5.41 Å². The quantitative estimate of drug-likeness (QED) is 0.679. The normalized spacial score (nSPS) is 33.6. The highest BCUT2D eigenvalue weighted by Gasteiger charge is 2.41. The first kappa shape index (κ1) is 10.7. The Balaban J connectivity index is 1.80. The van der Waals surface area contributed by atoms with Crippen molar-refractivity contribution in [1.82, 2.24) is 5.32 Å². The van der Waals surface area contributed by atoms with Gasteiger partial charge in [-0.3, -0.25) is 4.79 Å². The van der Waals surface area contributed by atoms with Crippen molar-refractivity contribution in [3.05, 3.63) is 12.2 Å². The molecule has 3 N–H and O–H groups in total. The third-order valence-corrected chi connectivity index (χ3v) is 3.84. The van der Waals surface area contributed by atoms with Crippen LogP contribution in [0.3, 0.4) is 0 Å². The Morgan fingerprint density at radius 3 is 2.93 bits per heavy atom. The molecule has 0 saturated heterocycles. The van der Waals surface area contributed by atoms with Crippen LogP contribution < -0.4 is 11.1 Å². The Labute approximate surface area is 91.1 Å². The standard InChI is InChI=1S/C12H20N2O/c1-12(2,11(13)15)7-14-10-6-8-4-3-5-9(8)10/h3,5,8-10,14H,4,6-7H2,1-2H3,(H2,13,15). The van der Waals surface area contributed by atoms with E-state index in [1.807, 2.05) is 13.8 Å². The number of hydrogen-bond donors (Lipinski definition) is 2. The molecule has 0 radical (unpaired) electrons. The Morgan fingerprint density at radius 2 is 2.33 bits per heavy atom. The van der Waals surface area contributed by atoms with E-state index >= 15 is 0 Å². The number of primary amides is 1. The van der Waals surface area contributed by atoms with Gasteiger partial charge < -0.3 is 11.1 Å². The van der Waals surface area contributed by atoms with Crippen molar-refractivity contribution in [2.24, 2.45) is 23.0 Å². The highest BCUT2D eigenvalue weighted by Crippen LogP contribution is 2.42. The average molecular weight is 208 g/mol. The summed E-state index contributed by atoms with van der Waals surface area (Å²) in [6.07, 6.45) is 7.06. The fourth-order valence-corrected chi connectivity index (χ4v) is 2.42. The molecule has 1 saturated carbocycles. The van der Waals surface area contributed by atoms with Crippen molar-refractivity contribution in [2.45, 2.75) is 32.7 Å². The van der Waals surface area contributed by atoms with Gasteiger partial charge in [0.15, 0.2) is 0 Å². The van der Waals surface area contributed by atoms with E-state index in [9.17, 15) is 4.79 Å². The molecule has 0 aromatic rings. The first-order chi connectivity index (χ1) is 7.00. The molecule has 0 heterocycles. The van der Waals surface area contributed by atoms with Gasteiger partial charge in [-0.1, -0.05) is 12.2 Å². The molecule has 1 fully saturated rings. The van der Waals surface area contributed by atoms with Crippen molar-refractivity contribution < 1.29 is 4.79 Å². The Hall–Kier alpha value is -0.830. The summed E-state index contributed by atoms with van der Waals surface area (Å²) in [6, 6.07) is 0.562. The second-order valence-electron chi connectivity index (χ2n) is 5.47. The summed E-state index contributed by atoms with van der Waals surface area (Å²) in [6.45, 7) is 4.47. The van der Waals surface area contributed by atoms with E-state index in [-0.39, 0.29) is 5.91 Å². The topological polar surface area (TPSA) is 55.1 Å². The Morgan fingerprint density at radius 1 is 1.60 bits per heavy atom. The van der Waals surface area contributed by atoms with Gasteiger partial charge in [-0.2, -0.15) is 0 Å². The largest absolute Gasteiger partial charge is 0.369 e. The smallest absolute Gasteiger partial charge is 0.224 e. The maximum absolute atomic E-state index is 11.1. The summed E-state index contributed by atoms with van der Waals surface area (Å²) in [5.41, 5.74) is 4.89. The third kappa shape index (κ3) is 1.93. The van der Waals surface area contributed by atoms with Crippen LogP contribution in [-0.4, -0.2) is 18.5 Å². The molecule has 3 atom stereocenters. The van der Waals surface area contributed by atoms with Gasteiger partial charge in [-0.05, 0) is 38.5 Å². The first-order valence-electron chi connectivity index (χ1n) is 5.70. The van der Waals surface area contributed by atoms with E-state index < -0.39 is 5.41 Å². The lowest BCUT2D eigenvalue weighted by molar-refractivity contribution is -0.126. The van der Waals surface area contributed by atoms with Crippen molar-refractivity contribution in [3.8, 4) is 0 Å². The van der Waals surface area contributed by atoms with Crippen LogP contribution in [0.2, 0.25) is 0 Å². The summed E-state index contributed by atoms with van der Waals surface area (Å²) < 4.78 is 0. The number of carbonyl (C=O) groups excluding carboxylic acids is 1. The molecular weight excluding hydrogens is 188 g/mol. The summed E-state index contributed by atoms with van der Waals surface area (Å²) in [7, 11) is 0. The van der Waals surface area contributed by atoms with Gasteiger partial charge in [-0.15, -0.1) is 0 Å². The zero-order chi connectivity index (χ0) is 11.1. The van der Waals surface area contributed by atoms with Crippen LogP contribution in [0, 0.1) is 17.3 Å². The Kier molecular flexibility index (Phi) is 2.59. The van der Waals surface area contributed by atoms with Crippen LogP contribution in [0.5, 0.6) is 0 Å². The predicted molar refractivity (Wildman–Crippen MR) is 60.1 cm³/mol. The average Bonchev–Trinajstić information content (AvgIpc) is 2.47. The fraction of sp³-hybridized carbons (Fsp3) is 0.750. The number of amides is 1. The van der Waals surface area contributed by atoms with Gasteiger partial charge in [0.1, 0.15) is 0 Å². The van der Waals surface area contributed by atoms with Gasteiger partial charge in [0.2, 0.25) is 5.91 Å². The van der Waals surface area contributed by atoms with Crippen molar-refractivity contribution in [2.75, 3.05) is 6.54 Å². The maximum Gasteiger partial charge on any atom is 0.224 e. The van der Waals surface area contributed by atoms with Crippen molar-refractivity contribution in [3.63, 3.8) is 0 Å². The van der Waals surface area contributed by atoms with Gasteiger partial charge in [0, 0.05) is 12.6 Å². The molecule has 3 unspecified atom stereocenters. The van der Waals surface area contributed by atoms with E-state index in [0.29, 0.717) is 18.5 Å². The van der Waals surface area contributed by atoms with Crippen molar-refractivity contribution in [1.29, 1.82) is 0 Å². The molecule has 2 rings (SSSR count). The van der Waals surface area contributed by atoms with E-state index in [1.165, 1.54) is 12.8 Å². The molecule has 0 aromatic carbocycles. The molecule has 0 aliphatic heterocycles. The van der Waals surface area contributed by atoms with Crippen LogP contribution in [0.4, 0.5) is 0 Å². The highest BCUT2D eigenvalue weighted by atomic mass is 16.1. The number of carbonyl (C=O) groups is 1. The van der Waals surface area contributed by atoms with Gasteiger partial charge in [-0.25, -0.2) is 0 Å². The number of rotatable bonds is 4. The maximum atomic E-state index is 11.1. The minimum Gasteiger partial charge on any atom is -0.369 e. The van der Waals surface area contributed by atoms with Gasteiger partial charge in [0.25, 0.3) is 0 Å². The Bertz CT molecular complexity index is 296. The highest BCUT2D eigenvalue weighted by molar-refractivity contribution is 5.80. The molecule has 84 valence electrons. The van der Waals surface area contributed by atoms with Crippen LogP contribution in [0.1, 0.15) is 26.7 Å². The lowest BCUT2D eigenvalue weighted by atomic mass is 9.71. The monoisotopic (exact) mass is 208 g/mol. The second kappa shape index (κ2) is 3.63. The number of allylic oxidation sites excluding steroid dienone is 1. The van der Waals surface area contributed by atoms with Gasteiger partial charge >= 0.3 is 0 Å². The lowest BCUT2D eigenvalue weighted by Gasteiger charge is -2.42. The summed E-state index contributed by atoms with van der Waals surface area (Å²) in [4.78, 5) is 11.1. The molecule has 2 aliphatic carbocycles. The summed E-state index contributed by atoms with van der Waals surface area (Å²) in [5, 5.41) is 3.46. The van der Waals surface area contributed by atoms with Crippen LogP contribution in [0.15, 0.2) is 12.2 Å². The first-order valence-corrected chi connectivity index (χ1v) is 5.70. The lowest BCUT2D eigenvalue weighted by Crippen LogP contribution is -2.52.